The molecule has 1 aromatic carbocycles. The SMILES string of the molecule is CC.CC(C)C(=O)OC1CCCC1.CC(C)OC(=O)N1Cc2cccc(F)c2C1. The van der Waals surface area contributed by atoms with E-state index < -0.39 is 0 Å². The molecule has 0 bridgehead atoms. The fraction of sp³-hybridized carbons (Fsp3) is 0.652. The molecule has 0 unspecified atom stereocenters. The molecule has 1 aliphatic carbocycles. The fourth-order valence-corrected chi connectivity index (χ4v) is 3.09. The molecule has 6 heteroatoms. The van der Waals surface area contributed by atoms with Crippen LogP contribution in [-0.2, 0) is 27.4 Å². The van der Waals surface area contributed by atoms with E-state index in [9.17, 15) is 14.0 Å². The zero-order valence-corrected chi connectivity index (χ0v) is 18.7. The Labute approximate surface area is 174 Å². The third-order valence-corrected chi connectivity index (χ3v) is 4.58. The summed E-state index contributed by atoms with van der Waals surface area (Å²) in [7, 11) is 0. The van der Waals surface area contributed by atoms with Gasteiger partial charge in [-0.1, -0.05) is 39.8 Å². The number of fused-ring (bicyclic) bond motifs is 1. The summed E-state index contributed by atoms with van der Waals surface area (Å²) in [5.74, 6) is -0.273. The van der Waals surface area contributed by atoms with Crippen molar-refractivity contribution in [1.82, 2.24) is 4.90 Å². The van der Waals surface area contributed by atoms with Crippen molar-refractivity contribution in [3.8, 4) is 0 Å². The van der Waals surface area contributed by atoms with Crippen molar-refractivity contribution < 1.29 is 23.5 Å². The zero-order valence-electron chi connectivity index (χ0n) is 18.7. The van der Waals surface area contributed by atoms with E-state index in [1.807, 2.05) is 33.8 Å². The Balaban J connectivity index is 0.000000284. The van der Waals surface area contributed by atoms with Gasteiger partial charge < -0.3 is 9.47 Å². The van der Waals surface area contributed by atoms with Gasteiger partial charge in [0, 0.05) is 12.1 Å². The molecule has 0 N–H and O–H groups in total. The lowest BCUT2D eigenvalue weighted by molar-refractivity contribution is -0.152. The largest absolute Gasteiger partial charge is 0.462 e. The Kier molecular flexibility index (Phi) is 10.7. The lowest BCUT2D eigenvalue weighted by Crippen LogP contribution is -2.28. The van der Waals surface area contributed by atoms with Crippen molar-refractivity contribution in [3.05, 3.63) is 35.1 Å². The van der Waals surface area contributed by atoms with E-state index in [1.165, 1.54) is 23.8 Å². The summed E-state index contributed by atoms with van der Waals surface area (Å²) < 4.78 is 23.7. The van der Waals surface area contributed by atoms with Gasteiger partial charge in [-0.15, -0.1) is 0 Å². The van der Waals surface area contributed by atoms with Crippen LogP contribution in [0.1, 0.15) is 78.4 Å². The lowest BCUT2D eigenvalue weighted by Gasteiger charge is -2.17. The van der Waals surface area contributed by atoms with Crippen molar-refractivity contribution >= 4 is 12.1 Å². The minimum atomic E-state index is -0.384. The standard InChI is InChI=1S/C12H14FNO2.C9H16O2.C2H6/c1-8(2)16-12(15)14-6-9-4-3-5-11(13)10(9)7-14;1-7(2)9(10)11-8-5-3-4-6-8;1-2/h3-5,8H,6-7H2,1-2H3;7-8H,3-6H2,1-2H3;1-2H3. The van der Waals surface area contributed by atoms with Crippen LogP contribution < -0.4 is 0 Å². The monoisotopic (exact) mass is 409 g/mol. The normalized spacial score (nSPS) is 15.3. The Morgan fingerprint density at radius 3 is 2.21 bits per heavy atom. The van der Waals surface area contributed by atoms with Crippen LogP contribution in [0.2, 0.25) is 0 Å². The van der Waals surface area contributed by atoms with Gasteiger partial charge in [0.15, 0.2) is 0 Å². The van der Waals surface area contributed by atoms with Crippen molar-refractivity contribution in [1.29, 1.82) is 0 Å². The Morgan fingerprint density at radius 1 is 1.07 bits per heavy atom. The van der Waals surface area contributed by atoms with E-state index in [0.29, 0.717) is 18.7 Å². The predicted molar refractivity (Wildman–Crippen MR) is 112 cm³/mol. The number of halogens is 1. The number of esters is 1. The average molecular weight is 410 g/mol. The second kappa shape index (κ2) is 12.5. The van der Waals surface area contributed by atoms with Crippen LogP contribution in [-0.4, -0.2) is 29.2 Å². The van der Waals surface area contributed by atoms with Gasteiger partial charge in [0.2, 0.25) is 0 Å². The molecule has 1 saturated carbocycles. The number of carbonyl (C=O) groups is 2. The summed E-state index contributed by atoms with van der Waals surface area (Å²) in [4.78, 5) is 24.2. The van der Waals surface area contributed by atoms with Crippen molar-refractivity contribution in [2.24, 2.45) is 5.92 Å². The molecule has 1 aliphatic heterocycles. The number of hydrogen-bond acceptors (Lipinski definition) is 4. The summed E-state index contributed by atoms with van der Waals surface area (Å²) in [6.45, 7) is 12.1. The highest BCUT2D eigenvalue weighted by Crippen LogP contribution is 2.25. The molecule has 1 fully saturated rings. The van der Waals surface area contributed by atoms with E-state index in [4.69, 9.17) is 9.47 Å². The zero-order chi connectivity index (χ0) is 22.0. The summed E-state index contributed by atoms with van der Waals surface area (Å²) in [6.07, 6.45) is 4.26. The van der Waals surface area contributed by atoms with Gasteiger partial charge in [-0.2, -0.15) is 0 Å². The van der Waals surface area contributed by atoms with Crippen LogP contribution in [0, 0.1) is 11.7 Å². The number of hydrogen-bond donors (Lipinski definition) is 0. The van der Waals surface area contributed by atoms with Crippen molar-refractivity contribution in [3.63, 3.8) is 0 Å². The first kappa shape index (κ1) is 24.9. The van der Waals surface area contributed by atoms with Gasteiger partial charge in [0.05, 0.1) is 18.6 Å². The van der Waals surface area contributed by atoms with Gasteiger partial charge >= 0.3 is 12.1 Å². The molecular weight excluding hydrogens is 373 g/mol. The van der Waals surface area contributed by atoms with Gasteiger partial charge in [-0.25, -0.2) is 9.18 Å². The van der Waals surface area contributed by atoms with Crippen LogP contribution in [0.3, 0.4) is 0 Å². The second-order valence-electron chi connectivity index (χ2n) is 7.66. The van der Waals surface area contributed by atoms with E-state index in [0.717, 1.165) is 18.4 Å². The number of amides is 1. The van der Waals surface area contributed by atoms with Gasteiger partial charge in [0.1, 0.15) is 11.9 Å². The number of benzene rings is 1. The van der Waals surface area contributed by atoms with E-state index in [1.54, 1.807) is 19.9 Å². The first-order valence-corrected chi connectivity index (χ1v) is 10.7. The van der Waals surface area contributed by atoms with E-state index >= 15 is 0 Å². The summed E-state index contributed by atoms with van der Waals surface area (Å²) in [5.41, 5.74) is 1.46. The quantitative estimate of drug-likeness (QED) is 0.589. The fourth-order valence-electron chi connectivity index (χ4n) is 3.09. The number of nitrogens with zero attached hydrogens (tertiary/aromatic N) is 1. The molecule has 1 amide bonds. The molecule has 2 aliphatic rings. The Hall–Kier alpha value is -2.11. The molecule has 0 radical (unpaired) electrons. The van der Waals surface area contributed by atoms with Gasteiger partial charge in [-0.3, -0.25) is 9.69 Å². The van der Waals surface area contributed by atoms with Crippen LogP contribution in [0.15, 0.2) is 18.2 Å². The maximum absolute atomic E-state index is 13.4. The molecule has 0 spiro atoms. The maximum atomic E-state index is 13.4. The summed E-state index contributed by atoms with van der Waals surface area (Å²) in [5, 5.41) is 0. The molecule has 1 heterocycles. The maximum Gasteiger partial charge on any atom is 0.410 e. The number of carbonyl (C=O) groups excluding carboxylic acids is 2. The molecule has 29 heavy (non-hydrogen) atoms. The first-order valence-electron chi connectivity index (χ1n) is 10.7. The smallest absolute Gasteiger partial charge is 0.410 e. The van der Waals surface area contributed by atoms with Crippen molar-refractivity contribution in [2.75, 3.05) is 0 Å². The Bertz CT molecular complexity index is 654. The highest BCUT2D eigenvalue weighted by atomic mass is 19.1. The molecule has 0 atom stereocenters. The number of rotatable bonds is 3. The highest BCUT2D eigenvalue weighted by Gasteiger charge is 2.27. The van der Waals surface area contributed by atoms with E-state index in [-0.39, 0.29) is 36.0 Å². The molecule has 5 nitrogen and oxygen atoms in total. The average Bonchev–Trinajstić information content (AvgIpc) is 3.33. The van der Waals surface area contributed by atoms with Crippen molar-refractivity contribution in [2.45, 2.75) is 92.5 Å². The topological polar surface area (TPSA) is 55.8 Å². The van der Waals surface area contributed by atoms with Crippen LogP contribution in [0.25, 0.3) is 0 Å². The lowest BCUT2D eigenvalue weighted by atomic mass is 10.1. The number of ether oxygens (including phenoxy) is 2. The minimum Gasteiger partial charge on any atom is -0.462 e. The minimum absolute atomic E-state index is 0.0237. The molecule has 1 aromatic rings. The van der Waals surface area contributed by atoms with Crippen LogP contribution >= 0.6 is 0 Å². The highest BCUT2D eigenvalue weighted by molar-refractivity contribution is 5.71. The predicted octanol–water partition coefficient (Wildman–Crippen LogP) is 5.84. The van der Waals surface area contributed by atoms with Crippen LogP contribution in [0.5, 0.6) is 0 Å². The van der Waals surface area contributed by atoms with Crippen LogP contribution in [0.4, 0.5) is 9.18 Å². The van der Waals surface area contributed by atoms with Gasteiger partial charge in [-0.05, 0) is 51.2 Å². The third kappa shape index (κ3) is 8.03. The molecule has 0 saturated heterocycles. The molecule has 3 rings (SSSR count). The summed E-state index contributed by atoms with van der Waals surface area (Å²) in [6, 6.07) is 4.91. The van der Waals surface area contributed by atoms with E-state index in [2.05, 4.69) is 0 Å². The molecule has 164 valence electrons. The summed E-state index contributed by atoms with van der Waals surface area (Å²) >= 11 is 0. The third-order valence-electron chi connectivity index (χ3n) is 4.58. The Morgan fingerprint density at radius 2 is 1.69 bits per heavy atom. The van der Waals surface area contributed by atoms with Gasteiger partial charge in [0.25, 0.3) is 0 Å². The second-order valence-corrected chi connectivity index (χ2v) is 7.66. The molecule has 0 aromatic heterocycles. The first-order chi connectivity index (χ1) is 13.8. The molecular formula is C23H36FNO4.